The van der Waals surface area contributed by atoms with Crippen molar-refractivity contribution < 1.29 is 13.6 Å². The number of carbonyl (C=O) groups excluding carboxylic acids is 1. The van der Waals surface area contributed by atoms with E-state index in [2.05, 4.69) is 10.2 Å². The molecule has 1 fully saturated rings. The van der Waals surface area contributed by atoms with Crippen LogP contribution in [-0.4, -0.2) is 29.9 Å². The average molecular weight is 413 g/mol. The first kappa shape index (κ1) is 19.7. The van der Waals surface area contributed by atoms with Gasteiger partial charge in [0.2, 0.25) is 0 Å². The minimum atomic E-state index is -0.373. The van der Waals surface area contributed by atoms with E-state index in [1.54, 1.807) is 30.3 Å². The van der Waals surface area contributed by atoms with Crippen LogP contribution in [0.2, 0.25) is 5.02 Å². The van der Waals surface area contributed by atoms with Crippen molar-refractivity contribution in [2.45, 2.75) is 25.4 Å². The van der Waals surface area contributed by atoms with E-state index in [4.69, 9.17) is 16.0 Å². The first-order chi connectivity index (χ1) is 14.1. The van der Waals surface area contributed by atoms with Crippen LogP contribution in [-0.2, 0) is 6.54 Å². The number of hydrogen-bond donors (Lipinski definition) is 1. The molecule has 0 spiro atoms. The lowest BCUT2D eigenvalue weighted by Gasteiger charge is -2.32. The zero-order chi connectivity index (χ0) is 20.2. The molecule has 0 saturated carbocycles. The Labute approximate surface area is 174 Å². The Morgan fingerprint density at radius 1 is 1.07 bits per heavy atom. The molecular weight excluding hydrogens is 391 g/mol. The van der Waals surface area contributed by atoms with Crippen LogP contribution in [0.4, 0.5) is 4.39 Å². The van der Waals surface area contributed by atoms with Crippen LogP contribution in [0.15, 0.2) is 65.1 Å². The molecule has 3 aromatic rings. The standard InChI is InChI=1S/C23H22ClFN2O2/c24-17-7-5-16(6-8-17)15-27-13-11-18(12-14-27)26-23(28)22-10-9-21(29-22)19-3-1-2-4-20(19)25/h1-10,18H,11-15H2,(H,26,28). The van der Waals surface area contributed by atoms with Gasteiger partial charge in [-0.15, -0.1) is 0 Å². The van der Waals surface area contributed by atoms with Crippen molar-refractivity contribution in [2.75, 3.05) is 13.1 Å². The number of benzene rings is 2. The number of halogens is 2. The van der Waals surface area contributed by atoms with Crippen molar-refractivity contribution in [1.29, 1.82) is 0 Å². The van der Waals surface area contributed by atoms with Crippen molar-refractivity contribution in [3.05, 3.63) is 82.8 Å². The highest BCUT2D eigenvalue weighted by Gasteiger charge is 2.23. The highest BCUT2D eigenvalue weighted by atomic mass is 35.5. The molecule has 1 amide bonds. The number of amides is 1. The Morgan fingerprint density at radius 3 is 2.52 bits per heavy atom. The molecule has 0 unspecified atom stereocenters. The van der Waals surface area contributed by atoms with Gasteiger partial charge >= 0.3 is 0 Å². The summed E-state index contributed by atoms with van der Waals surface area (Å²) < 4.78 is 19.5. The van der Waals surface area contributed by atoms with Gasteiger partial charge in [0, 0.05) is 30.7 Å². The summed E-state index contributed by atoms with van der Waals surface area (Å²) in [4.78, 5) is 14.9. The second kappa shape index (κ2) is 8.80. The second-order valence-corrected chi connectivity index (χ2v) is 7.73. The van der Waals surface area contributed by atoms with E-state index in [0.29, 0.717) is 11.3 Å². The lowest BCUT2D eigenvalue weighted by atomic mass is 10.0. The largest absolute Gasteiger partial charge is 0.451 e. The van der Waals surface area contributed by atoms with Crippen LogP contribution in [0.1, 0.15) is 29.0 Å². The number of nitrogens with one attached hydrogen (secondary N) is 1. The fourth-order valence-electron chi connectivity index (χ4n) is 3.61. The quantitative estimate of drug-likeness (QED) is 0.631. The number of nitrogens with zero attached hydrogens (tertiary/aromatic N) is 1. The monoisotopic (exact) mass is 412 g/mol. The molecule has 2 heterocycles. The van der Waals surface area contributed by atoms with Gasteiger partial charge in [0.05, 0.1) is 5.56 Å². The predicted molar refractivity (Wildman–Crippen MR) is 111 cm³/mol. The lowest BCUT2D eigenvalue weighted by molar-refractivity contribution is 0.0882. The first-order valence-corrected chi connectivity index (χ1v) is 10.1. The number of carbonyl (C=O) groups is 1. The lowest BCUT2D eigenvalue weighted by Crippen LogP contribution is -2.44. The average Bonchev–Trinajstić information content (AvgIpc) is 3.22. The molecule has 1 aliphatic heterocycles. The van der Waals surface area contributed by atoms with Crippen molar-refractivity contribution in [3.63, 3.8) is 0 Å². The van der Waals surface area contributed by atoms with E-state index in [-0.39, 0.29) is 23.5 Å². The van der Waals surface area contributed by atoms with E-state index in [0.717, 1.165) is 37.5 Å². The van der Waals surface area contributed by atoms with Gasteiger partial charge < -0.3 is 9.73 Å². The maximum absolute atomic E-state index is 13.9. The molecule has 29 heavy (non-hydrogen) atoms. The van der Waals surface area contributed by atoms with Crippen LogP contribution < -0.4 is 5.32 Å². The fourth-order valence-corrected chi connectivity index (χ4v) is 3.73. The van der Waals surface area contributed by atoms with Gasteiger partial charge in [0.15, 0.2) is 5.76 Å². The number of rotatable bonds is 5. The Hall–Kier alpha value is -2.63. The van der Waals surface area contributed by atoms with Gasteiger partial charge in [-0.1, -0.05) is 35.9 Å². The molecule has 4 rings (SSSR count). The van der Waals surface area contributed by atoms with Gasteiger partial charge in [-0.05, 0) is 54.8 Å². The third-order valence-corrected chi connectivity index (χ3v) is 5.46. The van der Waals surface area contributed by atoms with Crippen molar-refractivity contribution in [1.82, 2.24) is 10.2 Å². The normalized spacial score (nSPS) is 15.4. The van der Waals surface area contributed by atoms with Crippen LogP contribution in [0.3, 0.4) is 0 Å². The van der Waals surface area contributed by atoms with Crippen LogP contribution in [0.5, 0.6) is 0 Å². The molecule has 4 nitrogen and oxygen atoms in total. The number of piperidine rings is 1. The molecule has 1 aromatic heterocycles. The summed E-state index contributed by atoms with van der Waals surface area (Å²) in [5.41, 5.74) is 1.58. The summed E-state index contributed by atoms with van der Waals surface area (Å²) in [6.45, 7) is 2.69. The topological polar surface area (TPSA) is 45.5 Å². The Bertz CT molecular complexity index is 979. The van der Waals surface area contributed by atoms with Gasteiger partial charge in [-0.2, -0.15) is 0 Å². The summed E-state index contributed by atoms with van der Waals surface area (Å²) in [6.07, 6.45) is 1.75. The predicted octanol–water partition coefficient (Wildman–Crippen LogP) is 5.13. The highest BCUT2D eigenvalue weighted by molar-refractivity contribution is 6.30. The molecule has 0 bridgehead atoms. The number of furan rings is 1. The zero-order valence-corrected chi connectivity index (χ0v) is 16.7. The highest BCUT2D eigenvalue weighted by Crippen LogP contribution is 2.25. The summed E-state index contributed by atoms with van der Waals surface area (Å²) in [6, 6.07) is 17.6. The van der Waals surface area contributed by atoms with Gasteiger partial charge in [0.25, 0.3) is 5.91 Å². The van der Waals surface area contributed by atoms with Gasteiger partial charge in [0.1, 0.15) is 11.6 Å². The minimum absolute atomic E-state index is 0.103. The van der Waals surface area contributed by atoms with Crippen molar-refractivity contribution in [3.8, 4) is 11.3 Å². The van der Waals surface area contributed by atoms with E-state index >= 15 is 0 Å². The van der Waals surface area contributed by atoms with Crippen LogP contribution >= 0.6 is 11.6 Å². The van der Waals surface area contributed by atoms with E-state index in [1.165, 1.54) is 11.6 Å². The zero-order valence-electron chi connectivity index (χ0n) is 15.9. The summed E-state index contributed by atoms with van der Waals surface area (Å²) in [5, 5.41) is 3.78. The maximum Gasteiger partial charge on any atom is 0.287 e. The van der Waals surface area contributed by atoms with Gasteiger partial charge in [-0.3, -0.25) is 9.69 Å². The summed E-state index contributed by atoms with van der Waals surface area (Å²) in [5.74, 6) is -0.0801. The molecule has 1 aliphatic rings. The first-order valence-electron chi connectivity index (χ1n) is 9.71. The summed E-state index contributed by atoms with van der Waals surface area (Å²) >= 11 is 5.94. The van der Waals surface area contributed by atoms with Gasteiger partial charge in [-0.25, -0.2) is 4.39 Å². The maximum atomic E-state index is 13.9. The second-order valence-electron chi connectivity index (χ2n) is 7.29. The van der Waals surface area contributed by atoms with E-state index in [9.17, 15) is 9.18 Å². The molecule has 1 N–H and O–H groups in total. The third-order valence-electron chi connectivity index (χ3n) is 5.21. The molecule has 0 atom stereocenters. The Balaban J connectivity index is 1.30. The third kappa shape index (κ3) is 4.86. The molecule has 150 valence electrons. The fraction of sp³-hybridized carbons (Fsp3) is 0.261. The van der Waals surface area contributed by atoms with Crippen LogP contribution in [0, 0.1) is 5.82 Å². The molecule has 6 heteroatoms. The van der Waals surface area contributed by atoms with E-state index < -0.39 is 0 Å². The molecule has 0 aliphatic carbocycles. The Kier molecular flexibility index (Phi) is 5.97. The molecular formula is C23H22ClFN2O2. The van der Waals surface area contributed by atoms with E-state index in [1.807, 2.05) is 24.3 Å². The Morgan fingerprint density at radius 2 is 1.79 bits per heavy atom. The molecule has 1 saturated heterocycles. The number of likely N-dealkylation sites (tertiary alicyclic amines) is 1. The molecule has 0 radical (unpaired) electrons. The van der Waals surface area contributed by atoms with Crippen molar-refractivity contribution in [2.24, 2.45) is 0 Å². The van der Waals surface area contributed by atoms with Crippen molar-refractivity contribution >= 4 is 17.5 Å². The number of hydrogen-bond acceptors (Lipinski definition) is 3. The van der Waals surface area contributed by atoms with Crippen LogP contribution in [0.25, 0.3) is 11.3 Å². The minimum Gasteiger partial charge on any atom is -0.451 e. The molecule has 2 aromatic carbocycles. The SMILES string of the molecule is O=C(NC1CCN(Cc2ccc(Cl)cc2)CC1)c1ccc(-c2ccccc2F)o1. The summed E-state index contributed by atoms with van der Waals surface area (Å²) in [7, 11) is 0. The smallest absolute Gasteiger partial charge is 0.287 e.